The van der Waals surface area contributed by atoms with E-state index in [0.29, 0.717) is 24.0 Å². The van der Waals surface area contributed by atoms with E-state index in [2.05, 4.69) is 72.4 Å². The van der Waals surface area contributed by atoms with Crippen LogP contribution in [0.2, 0.25) is 0 Å². The molecule has 1 saturated heterocycles. The van der Waals surface area contributed by atoms with Gasteiger partial charge in [0.05, 0.1) is 12.4 Å². The number of likely N-dealkylation sites (tertiary alicyclic amines) is 1. The molecule has 2 atom stereocenters. The number of aromatic nitrogens is 2. The maximum atomic E-state index is 4.95. The highest BCUT2D eigenvalue weighted by Gasteiger charge is 2.28. The van der Waals surface area contributed by atoms with Crippen LogP contribution in [0.5, 0.6) is 0 Å². The van der Waals surface area contributed by atoms with Gasteiger partial charge in [0.2, 0.25) is 0 Å². The van der Waals surface area contributed by atoms with Gasteiger partial charge in [-0.25, -0.2) is 4.98 Å². The van der Waals surface area contributed by atoms with Crippen LogP contribution < -0.4 is 5.32 Å². The van der Waals surface area contributed by atoms with Crippen LogP contribution in [0.3, 0.4) is 0 Å². The quantitative estimate of drug-likeness (QED) is 0.430. The summed E-state index contributed by atoms with van der Waals surface area (Å²) in [5.74, 6) is 1.72. The standard InChI is InChI=1S/C21H40N6/c1-7-23-21(24-10-8-12-27(17(2)3)18(4)5)25-13-9-19(6)20(15-25)26-14-11-22-16-26/h11,14,16-20H,7-10,12-13,15H2,1-6H3,(H,23,24). The number of aliphatic imine (C=N–C) groups is 1. The van der Waals surface area contributed by atoms with Crippen LogP contribution in [0.1, 0.15) is 60.4 Å². The Morgan fingerprint density at radius 1 is 1.30 bits per heavy atom. The molecule has 0 bridgehead atoms. The SMILES string of the molecule is CCNC(=NCCCN(C(C)C)C(C)C)N1CCC(C)C(n2ccnc2)C1. The molecule has 1 aromatic rings. The van der Waals surface area contributed by atoms with Crippen LogP contribution in [-0.2, 0) is 0 Å². The molecule has 154 valence electrons. The van der Waals surface area contributed by atoms with Crippen molar-refractivity contribution in [3.63, 3.8) is 0 Å². The van der Waals surface area contributed by atoms with E-state index < -0.39 is 0 Å². The Hall–Kier alpha value is -1.56. The molecule has 0 spiro atoms. The van der Waals surface area contributed by atoms with Gasteiger partial charge in [-0.15, -0.1) is 0 Å². The molecule has 0 aromatic carbocycles. The summed E-state index contributed by atoms with van der Waals surface area (Å²) in [6.07, 6.45) is 8.19. The smallest absolute Gasteiger partial charge is 0.193 e. The molecule has 1 aliphatic heterocycles. The molecular weight excluding hydrogens is 336 g/mol. The third-order valence-electron chi connectivity index (χ3n) is 5.62. The number of piperidine rings is 1. The van der Waals surface area contributed by atoms with Crippen LogP contribution in [0, 0.1) is 5.92 Å². The second-order valence-electron chi connectivity index (χ2n) is 8.30. The molecule has 2 rings (SSSR count). The Bertz CT molecular complexity index is 543. The Labute approximate surface area is 166 Å². The van der Waals surface area contributed by atoms with E-state index in [0.717, 1.165) is 45.1 Å². The van der Waals surface area contributed by atoms with E-state index in [9.17, 15) is 0 Å². The first-order valence-electron chi connectivity index (χ1n) is 10.7. The highest BCUT2D eigenvalue weighted by Crippen LogP contribution is 2.27. The van der Waals surface area contributed by atoms with E-state index in [4.69, 9.17) is 4.99 Å². The number of hydrogen-bond acceptors (Lipinski definition) is 3. The van der Waals surface area contributed by atoms with Gasteiger partial charge in [-0.2, -0.15) is 0 Å². The van der Waals surface area contributed by atoms with Gasteiger partial charge in [0.25, 0.3) is 0 Å². The highest BCUT2D eigenvalue weighted by molar-refractivity contribution is 5.80. The van der Waals surface area contributed by atoms with Gasteiger partial charge < -0.3 is 14.8 Å². The highest BCUT2D eigenvalue weighted by atomic mass is 15.3. The summed E-state index contributed by atoms with van der Waals surface area (Å²) < 4.78 is 2.25. The average molecular weight is 377 g/mol. The Morgan fingerprint density at radius 3 is 2.63 bits per heavy atom. The molecule has 1 fully saturated rings. The molecular formula is C21H40N6. The van der Waals surface area contributed by atoms with Gasteiger partial charge in [0, 0.05) is 57.2 Å². The van der Waals surface area contributed by atoms with E-state index >= 15 is 0 Å². The van der Waals surface area contributed by atoms with Gasteiger partial charge in [0.1, 0.15) is 0 Å². The fraction of sp³-hybridized carbons (Fsp3) is 0.810. The van der Waals surface area contributed by atoms with E-state index in [1.807, 2.05) is 12.5 Å². The zero-order valence-electron chi connectivity index (χ0n) is 18.2. The van der Waals surface area contributed by atoms with Crippen molar-refractivity contribution in [3.8, 4) is 0 Å². The van der Waals surface area contributed by atoms with Gasteiger partial charge >= 0.3 is 0 Å². The minimum atomic E-state index is 0.461. The predicted molar refractivity (Wildman–Crippen MR) is 114 cm³/mol. The second-order valence-corrected chi connectivity index (χ2v) is 8.30. The largest absolute Gasteiger partial charge is 0.357 e. The molecule has 0 saturated carbocycles. The molecule has 2 heterocycles. The first-order valence-corrected chi connectivity index (χ1v) is 10.7. The van der Waals surface area contributed by atoms with Crippen molar-refractivity contribution in [2.24, 2.45) is 10.9 Å². The fourth-order valence-electron chi connectivity index (χ4n) is 4.07. The Morgan fingerprint density at radius 2 is 2.04 bits per heavy atom. The first kappa shape index (κ1) is 21.7. The monoisotopic (exact) mass is 376 g/mol. The number of hydrogen-bond donors (Lipinski definition) is 1. The van der Waals surface area contributed by atoms with E-state index in [-0.39, 0.29) is 0 Å². The summed E-state index contributed by atoms with van der Waals surface area (Å²) in [4.78, 5) is 14.2. The Kier molecular flexibility index (Phi) is 8.61. The summed E-state index contributed by atoms with van der Waals surface area (Å²) in [7, 11) is 0. The molecule has 2 unspecified atom stereocenters. The van der Waals surface area contributed by atoms with Crippen LogP contribution in [-0.4, -0.2) is 70.1 Å². The van der Waals surface area contributed by atoms with Gasteiger partial charge in [-0.1, -0.05) is 6.92 Å². The number of nitrogens with zero attached hydrogens (tertiary/aromatic N) is 5. The maximum Gasteiger partial charge on any atom is 0.193 e. The molecule has 0 amide bonds. The molecule has 6 nitrogen and oxygen atoms in total. The lowest BCUT2D eigenvalue weighted by molar-refractivity contribution is 0.173. The van der Waals surface area contributed by atoms with Gasteiger partial charge in [0.15, 0.2) is 5.96 Å². The van der Waals surface area contributed by atoms with Crippen molar-refractivity contribution < 1.29 is 0 Å². The van der Waals surface area contributed by atoms with Crippen molar-refractivity contribution in [2.45, 2.75) is 72.5 Å². The Balaban J connectivity index is 1.96. The number of guanidine groups is 1. The zero-order chi connectivity index (χ0) is 19.8. The number of nitrogens with one attached hydrogen (secondary N) is 1. The van der Waals surface area contributed by atoms with Crippen molar-refractivity contribution in [1.29, 1.82) is 0 Å². The normalized spacial score (nSPS) is 21.5. The number of rotatable bonds is 8. The summed E-state index contributed by atoms with van der Waals surface area (Å²) in [5, 5.41) is 3.50. The van der Waals surface area contributed by atoms with E-state index in [1.54, 1.807) is 0 Å². The van der Waals surface area contributed by atoms with Crippen molar-refractivity contribution in [1.82, 2.24) is 24.7 Å². The fourth-order valence-corrected chi connectivity index (χ4v) is 4.07. The lowest BCUT2D eigenvalue weighted by Gasteiger charge is -2.39. The minimum Gasteiger partial charge on any atom is -0.357 e. The molecule has 1 N–H and O–H groups in total. The van der Waals surface area contributed by atoms with Gasteiger partial charge in [-0.3, -0.25) is 9.89 Å². The maximum absolute atomic E-state index is 4.95. The van der Waals surface area contributed by atoms with Gasteiger partial charge in [-0.05, 0) is 53.4 Å². The third-order valence-corrected chi connectivity index (χ3v) is 5.62. The third kappa shape index (κ3) is 6.23. The van der Waals surface area contributed by atoms with Crippen LogP contribution in [0.25, 0.3) is 0 Å². The zero-order valence-corrected chi connectivity index (χ0v) is 18.2. The van der Waals surface area contributed by atoms with E-state index in [1.165, 1.54) is 6.42 Å². The topological polar surface area (TPSA) is 48.7 Å². The van der Waals surface area contributed by atoms with Crippen LogP contribution >= 0.6 is 0 Å². The predicted octanol–water partition coefficient (Wildman–Crippen LogP) is 3.24. The van der Waals surface area contributed by atoms with Crippen molar-refractivity contribution in [3.05, 3.63) is 18.7 Å². The number of imidazole rings is 1. The summed E-state index contributed by atoms with van der Waals surface area (Å²) in [6, 6.07) is 1.63. The summed E-state index contributed by atoms with van der Waals surface area (Å²) in [5.41, 5.74) is 0. The lowest BCUT2D eigenvalue weighted by atomic mass is 9.93. The average Bonchev–Trinajstić information content (AvgIpc) is 3.15. The second kappa shape index (κ2) is 10.7. The van der Waals surface area contributed by atoms with Crippen LogP contribution in [0.4, 0.5) is 0 Å². The summed E-state index contributed by atoms with van der Waals surface area (Å²) in [6.45, 7) is 18.6. The van der Waals surface area contributed by atoms with Crippen molar-refractivity contribution in [2.75, 3.05) is 32.7 Å². The van der Waals surface area contributed by atoms with Crippen LogP contribution in [0.15, 0.2) is 23.7 Å². The minimum absolute atomic E-state index is 0.461. The molecule has 0 aliphatic carbocycles. The molecule has 6 heteroatoms. The first-order chi connectivity index (χ1) is 12.9. The van der Waals surface area contributed by atoms with Crippen molar-refractivity contribution >= 4 is 5.96 Å². The molecule has 1 aliphatic rings. The molecule has 27 heavy (non-hydrogen) atoms. The molecule has 1 aromatic heterocycles. The molecule has 0 radical (unpaired) electrons. The summed E-state index contributed by atoms with van der Waals surface area (Å²) >= 11 is 0. The lowest BCUT2D eigenvalue weighted by Crippen LogP contribution is -2.49.